The van der Waals surface area contributed by atoms with Crippen molar-refractivity contribution in [1.82, 2.24) is 15.6 Å². The van der Waals surface area contributed by atoms with Crippen molar-refractivity contribution in [3.8, 4) is 0 Å². The van der Waals surface area contributed by atoms with Crippen LogP contribution in [0.4, 0.5) is 0 Å². The minimum absolute atomic E-state index is 0.0329. The molecule has 2 atom stereocenters. The maximum Gasteiger partial charge on any atom is 0.224 e. The van der Waals surface area contributed by atoms with E-state index in [0.29, 0.717) is 19.0 Å². The number of carbonyl (C=O) groups is 2. The van der Waals surface area contributed by atoms with Gasteiger partial charge in [0.15, 0.2) is 0 Å². The SMILES string of the molecule is O=C(NCc1ccccn1)C1CC1C(=O)NC1CCCCC1. The van der Waals surface area contributed by atoms with Gasteiger partial charge in [0, 0.05) is 12.2 Å². The second-order valence-electron chi connectivity index (χ2n) is 6.33. The average Bonchev–Trinajstić information content (AvgIpc) is 3.35. The molecular weight excluding hydrogens is 278 g/mol. The van der Waals surface area contributed by atoms with Gasteiger partial charge in [0.2, 0.25) is 11.8 Å². The zero-order valence-corrected chi connectivity index (χ0v) is 12.8. The molecule has 0 aromatic carbocycles. The molecule has 2 saturated carbocycles. The Kier molecular flexibility index (Phi) is 4.71. The van der Waals surface area contributed by atoms with E-state index in [1.54, 1.807) is 6.20 Å². The largest absolute Gasteiger partial charge is 0.353 e. The van der Waals surface area contributed by atoms with Crippen molar-refractivity contribution in [2.24, 2.45) is 11.8 Å². The molecule has 2 fully saturated rings. The summed E-state index contributed by atoms with van der Waals surface area (Å²) in [5.74, 6) is -0.266. The third kappa shape index (κ3) is 3.84. The van der Waals surface area contributed by atoms with Crippen LogP contribution in [0.1, 0.15) is 44.2 Å². The predicted molar refractivity (Wildman–Crippen MR) is 82.7 cm³/mol. The number of hydrogen-bond donors (Lipinski definition) is 2. The highest BCUT2D eigenvalue weighted by Crippen LogP contribution is 2.39. The quantitative estimate of drug-likeness (QED) is 0.871. The van der Waals surface area contributed by atoms with Crippen LogP contribution in [-0.4, -0.2) is 22.8 Å². The standard InChI is InChI=1S/C17H23N3O2/c21-16(19-11-13-8-4-5-9-18-13)14-10-15(14)17(22)20-12-6-2-1-3-7-12/h4-5,8-9,12,14-15H,1-3,6-7,10-11H2,(H,19,21)(H,20,22). The highest BCUT2D eigenvalue weighted by atomic mass is 16.2. The minimum Gasteiger partial charge on any atom is -0.353 e. The molecule has 5 heteroatoms. The zero-order chi connectivity index (χ0) is 15.4. The monoisotopic (exact) mass is 301 g/mol. The lowest BCUT2D eigenvalue weighted by Gasteiger charge is -2.22. The van der Waals surface area contributed by atoms with E-state index in [9.17, 15) is 9.59 Å². The van der Waals surface area contributed by atoms with Gasteiger partial charge in [-0.25, -0.2) is 0 Å². The molecule has 2 unspecified atom stereocenters. The van der Waals surface area contributed by atoms with E-state index >= 15 is 0 Å². The lowest BCUT2D eigenvalue weighted by molar-refractivity contribution is -0.127. The van der Waals surface area contributed by atoms with Crippen LogP contribution >= 0.6 is 0 Å². The molecule has 1 aromatic heterocycles. The second kappa shape index (κ2) is 6.90. The molecule has 22 heavy (non-hydrogen) atoms. The fourth-order valence-corrected chi connectivity index (χ4v) is 3.14. The molecule has 1 heterocycles. The molecule has 2 N–H and O–H groups in total. The smallest absolute Gasteiger partial charge is 0.224 e. The van der Waals surface area contributed by atoms with Crippen molar-refractivity contribution in [2.45, 2.75) is 51.1 Å². The molecule has 0 spiro atoms. The van der Waals surface area contributed by atoms with Crippen LogP contribution in [0, 0.1) is 11.8 Å². The summed E-state index contributed by atoms with van der Waals surface area (Å²) in [5.41, 5.74) is 0.833. The fraction of sp³-hybridized carbons (Fsp3) is 0.588. The lowest BCUT2D eigenvalue weighted by Crippen LogP contribution is -2.38. The Hall–Kier alpha value is -1.91. The van der Waals surface area contributed by atoms with Crippen LogP contribution in [0.25, 0.3) is 0 Å². The summed E-state index contributed by atoms with van der Waals surface area (Å²) in [4.78, 5) is 28.4. The summed E-state index contributed by atoms with van der Waals surface area (Å²) >= 11 is 0. The summed E-state index contributed by atoms with van der Waals surface area (Å²) in [6.45, 7) is 0.424. The molecule has 3 rings (SSSR count). The molecular formula is C17H23N3O2. The normalized spacial score (nSPS) is 24.5. The van der Waals surface area contributed by atoms with Gasteiger partial charge in [-0.05, 0) is 31.4 Å². The Morgan fingerprint density at radius 2 is 1.86 bits per heavy atom. The first-order chi connectivity index (χ1) is 10.7. The Morgan fingerprint density at radius 3 is 2.59 bits per heavy atom. The van der Waals surface area contributed by atoms with Crippen LogP contribution in [0.3, 0.4) is 0 Å². The number of carbonyl (C=O) groups excluding carboxylic acids is 2. The van der Waals surface area contributed by atoms with Crippen molar-refractivity contribution < 1.29 is 9.59 Å². The summed E-state index contributed by atoms with van der Waals surface area (Å²) in [5, 5.41) is 5.98. The van der Waals surface area contributed by atoms with Crippen LogP contribution in [0.5, 0.6) is 0 Å². The summed E-state index contributed by atoms with van der Waals surface area (Å²) in [6.07, 6.45) is 8.21. The third-order valence-electron chi connectivity index (χ3n) is 4.59. The summed E-state index contributed by atoms with van der Waals surface area (Å²) in [6, 6.07) is 5.93. The van der Waals surface area contributed by atoms with Gasteiger partial charge in [0.05, 0.1) is 24.1 Å². The number of aromatic nitrogens is 1. The van der Waals surface area contributed by atoms with E-state index in [1.165, 1.54) is 19.3 Å². The zero-order valence-electron chi connectivity index (χ0n) is 12.8. The van der Waals surface area contributed by atoms with Gasteiger partial charge in [-0.1, -0.05) is 25.3 Å². The van der Waals surface area contributed by atoms with Gasteiger partial charge in [-0.15, -0.1) is 0 Å². The number of nitrogens with one attached hydrogen (secondary N) is 2. The van der Waals surface area contributed by atoms with Crippen molar-refractivity contribution >= 4 is 11.8 Å². The van der Waals surface area contributed by atoms with Crippen molar-refractivity contribution in [3.05, 3.63) is 30.1 Å². The van der Waals surface area contributed by atoms with Gasteiger partial charge >= 0.3 is 0 Å². The van der Waals surface area contributed by atoms with Gasteiger partial charge in [-0.3, -0.25) is 14.6 Å². The van der Waals surface area contributed by atoms with E-state index < -0.39 is 0 Å². The van der Waals surface area contributed by atoms with Crippen molar-refractivity contribution in [3.63, 3.8) is 0 Å². The summed E-state index contributed by atoms with van der Waals surface area (Å²) < 4.78 is 0. The molecule has 2 amide bonds. The van der Waals surface area contributed by atoms with Gasteiger partial charge in [0.1, 0.15) is 0 Å². The molecule has 0 saturated heterocycles. The number of nitrogens with zero attached hydrogens (tertiary/aromatic N) is 1. The molecule has 5 nitrogen and oxygen atoms in total. The average molecular weight is 301 g/mol. The molecule has 0 bridgehead atoms. The van der Waals surface area contributed by atoms with Crippen molar-refractivity contribution in [2.75, 3.05) is 0 Å². The highest BCUT2D eigenvalue weighted by molar-refractivity contribution is 5.92. The maximum absolute atomic E-state index is 12.2. The lowest BCUT2D eigenvalue weighted by atomic mass is 9.95. The van der Waals surface area contributed by atoms with E-state index in [-0.39, 0.29) is 23.7 Å². The minimum atomic E-state index is -0.160. The fourth-order valence-electron chi connectivity index (χ4n) is 3.14. The number of amides is 2. The predicted octanol–water partition coefficient (Wildman–Crippen LogP) is 1.78. The Morgan fingerprint density at radius 1 is 1.09 bits per heavy atom. The third-order valence-corrected chi connectivity index (χ3v) is 4.59. The van der Waals surface area contributed by atoms with E-state index in [4.69, 9.17) is 0 Å². The highest BCUT2D eigenvalue weighted by Gasteiger charge is 2.48. The van der Waals surface area contributed by atoms with Gasteiger partial charge in [0.25, 0.3) is 0 Å². The second-order valence-corrected chi connectivity index (χ2v) is 6.33. The Balaban J connectivity index is 1.41. The van der Waals surface area contributed by atoms with E-state index in [0.717, 1.165) is 18.5 Å². The number of hydrogen-bond acceptors (Lipinski definition) is 3. The van der Waals surface area contributed by atoms with Crippen LogP contribution in [0.15, 0.2) is 24.4 Å². The molecule has 0 radical (unpaired) electrons. The summed E-state index contributed by atoms with van der Waals surface area (Å²) in [7, 11) is 0. The van der Waals surface area contributed by atoms with Crippen molar-refractivity contribution in [1.29, 1.82) is 0 Å². The number of rotatable bonds is 5. The number of pyridine rings is 1. The van der Waals surface area contributed by atoms with E-state index in [1.807, 2.05) is 18.2 Å². The molecule has 0 aliphatic heterocycles. The Labute approximate surface area is 130 Å². The first-order valence-electron chi connectivity index (χ1n) is 8.22. The molecule has 1 aromatic rings. The van der Waals surface area contributed by atoms with Crippen LogP contribution in [-0.2, 0) is 16.1 Å². The molecule has 118 valence electrons. The Bertz CT molecular complexity index is 526. The van der Waals surface area contributed by atoms with Gasteiger partial charge < -0.3 is 10.6 Å². The molecule has 2 aliphatic rings. The first kappa shape index (κ1) is 15.0. The van der Waals surface area contributed by atoms with E-state index in [2.05, 4.69) is 15.6 Å². The maximum atomic E-state index is 12.2. The topological polar surface area (TPSA) is 71.1 Å². The first-order valence-corrected chi connectivity index (χ1v) is 8.22. The van der Waals surface area contributed by atoms with Gasteiger partial charge in [-0.2, -0.15) is 0 Å². The molecule has 2 aliphatic carbocycles. The van der Waals surface area contributed by atoms with Crippen LogP contribution in [0.2, 0.25) is 0 Å². The van der Waals surface area contributed by atoms with Crippen LogP contribution < -0.4 is 10.6 Å².